The summed E-state index contributed by atoms with van der Waals surface area (Å²) in [7, 11) is 0. The van der Waals surface area contributed by atoms with Gasteiger partial charge in [0.05, 0.1) is 0 Å². The van der Waals surface area contributed by atoms with E-state index in [9.17, 15) is 0 Å². The SMILES string of the molecule is C=CCC(CC(=C)CC)NCCC. The third-order valence-electron chi connectivity index (χ3n) is 2.17. The van der Waals surface area contributed by atoms with Gasteiger partial charge in [0, 0.05) is 6.04 Å². The van der Waals surface area contributed by atoms with Gasteiger partial charge < -0.3 is 5.32 Å². The van der Waals surface area contributed by atoms with Crippen molar-refractivity contribution >= 4 is 0 Å². The molecule has 0 saturated carbocycles. The topological polar surface area (TPSA) is 12.0 Å². The fourth-order valence-electron chi connectivity index (χ4n) is 1.28. The van der Waals surface area contributed by atoms with E-state index in [2.05, 4.69) is 32.3 Å². The molecule has 13 heavy (non-hydrogen) atoms. The Labute approximate surface area is 82.9 Å². The summed E-state index contributed by atoms with van der Waals surface area (Å²) < 4.78 is 0. The summed E-state index contributed by atoms with van der Waals surface area (Å²) in [5.74, 6) is 0. The van der Waals surface area contributed by atoms with Crippen LogP contribution < -0.4 is 5.32 Å². The third-order valence-corrected chi connectivity index (χ3v) is 2.17. The maximum absolute atomic E-state index is 4.03. The van der Waals surface area contributed by atoms with E-state index in [1.165, 1.54) is 12.0 Å². The second-order valence-electron chi connectivity index (χ2n) is 3.48. The van der Waals surface area contributed by atoms with Gasteiger partial charge >= 0.3 is 0 Å². The van der Waals surface area contributed by atoms with Gasteiger partial charge in [0.2, 0.25) is 0 Å². The molecule has 0 radical (unpaired) electrons. The average molecular weight is 181 g/mol. The van der Waals surface area contributed by atoms with Crippen LogP contribution in [0.25, 0.3) is 0 Å². The van der Waals surface area contributed by atoms with E-state index in [0.29, 0.717) is 6.04 Å². The van der Waals surface area contributed by atoms with Crippen LogP contribution in [-0.4, -0.2) is 12.6 Å². The number of hydrogen-bond acceptors (Lipinski definition) is 1. The predicted octanol–water partition coefficient (Wildman–Crippen LogP) is 3.29. The second-order valence-corrected chi connectivity index (χ2v) is 3.48. The minimum atomic E-state index is 0.546. The smallest absolute Gasteiger partial charge is 0.0138 e. The molecule has 0 amide bonds. The number of rotatable bonds is 8. The number of nitrogens with one attached hydrogen (secondary N) is 1. The Kier molecular flexibility index (Phi) is 7.71. The van der Waals surface area contributed by atoms with Crippen molar-refractivity contribution < 1.29 is 0 Å². The minimum Gasteiger partial charge on any atom is -0.313 e. The average Bonchev–Trinajstić information content (AvgIpc) is 2.14. The zero-order valence-corrected chi connectivity index (χ0v) is 9.10. The van der Waals surface area contributed by atoms with E-state index in [0.717, 1.165) is 25.8 Å². The lowest BCUT2D eigenvalue weighted by Crippen LogP contribution is -2.29. The summed E-state index contributed by atoms with van der Waals surface area (Å²) in [4.78, 5) is 0. The standard InChI is InChI=1S/C12H23N/c1-5-8-12(13-9-6-2)10-11(4)7-3/h5,12-13H,1,4,6-10H2,2-3H3. The molecule has 0 aliphatic carbocycles. The van der Waals surface area contributed by atoms with Gasteiger partial charge in [-0.2, -0.15) is 0 Å². The lowest BCUT2D eigenvalue weighted by atomic mass is 10.0. The molecule has 76 valence electrons. The molecule has 0 bridgehead atoms. The highest BCUT2D eigenvalue weighted by molar-refractivity contribution is 4.97. The van der Waals surface area contributed by atoms with Crippen LogP contribution in [0.4, 0.5) is 0 Å². The van der Waals surface area contributed by atoms with Crippen LogP contribution in [0.3, 0.4) is 0 Å². The van der Waals surface area contributed by atoms with Crippen LogP contribution in [0, 0.1) is 0 Å². The molecule has 1 N–H and O–H groups in total. The van der Waals surface area contributed by atoms with E-state index in [1.54, 1.807) is 0 Å². The van der Waals surface area contributed by atoms with Gasteiger partial charge in [-0.3, -0.25) is 0 Å². The first-order valence-corrected chi connectivity index (χ1v) is 5.25. The summed E-state index contributed by atoms with van der Waals surface area (Å²) in [6, 6.07) is 0.546. The molecule has 0 saturated heterocycles. The van der Waals surface area contributed by atoms with Crippen molar-refractivity contribution in [1.29, 1.82) is 0 Å². The monoisotopic (exact) mass is 181 g/mol. The summed E-state index contributed by atoms with van der Waals surface area (Å²) in [6.07, 6.45) is 6.38. The predicted molar refractivity (Wildman–Crippen MR) is 60.9 cm³/mol. The van der Waals surface area contributed by atoms with Gasteiger partial charge in [0.15, 0.2) is 0 Å². The summed E-state index contributed by atoms with van der Waals surface area (Å²) in [5.41, 5.74) is 1.33. The van der Waals surface area contributed by atoms with Crippen molar-refractivity contribution in [3.63, 3.8) is 0 Å². The van der Waals surface area contributed by atoms with E-state index < -0.39 is 0 Å². The van der Waals surface area contributed by atoms with Crippen LogP contribution in [0.2, 0.25) is 0 Å². The molecule has 0 aromatic rings. The summed E-state index contributed by atoms with van der Waals surface area (Å²) in [5, 5.41) is 3.50. The van der Waals surface area contributed by atoms with Crippen LogP contribution >= 0.6 is 0 Å². The first-order valence-electron chi connectivity index (χ1n) is 5.25. The fraction of sp³-hybridized carbons (Fsp3) is 0.667. The minimum absolute atomic E-state index is 0.546. The van der Waals surface area contributed by atoms with Gasteiger partial charge in [-0.15, -0.1) is 6.58 Å². The Morgan fingerprint density at radius 1 is 1.46 bits per heavy atom. The van der Waals surface area contributed by atoms with Crippen molar-refractivity contribution in [3.05, 3.63) is 24.8 Å². The highest BCUT2D eigenvalue weighted by Crippen LogP contribution is 2.09. The molecule has 0 rings (SSSR count). The molecule has 0 aromatic carbocycles. The molecular weight excluding hydrogens is 158 g/mol. The zero-order chi connectivity index (χ0) is 10.1. The highest BCUT2D eigenvalue weighted by Gasteiger charge is 2.05. The van der Waals surface area contributed by atoms with Crippen molar-refractivity contribution in [2.75, 3.05) is 6.54 Å². The Balaban J connectivity index is 3.78. The first kappa shape index (κ1) is 12.4. The van der Waals surface area contributed by atoms with Gasteiger partial charge in [-0.25, -0.2) is 0 Å². The van der Waals surface area contributed by atoms with E-state index in [-0.39, 0.29) is 0 Å². The second kappa shape index (κ2) is 8.06. The van der Waals surface area contributed by atoms with E-state index in [4.69, 9.17) is 0 Å². The lowest BCUT2D eigenvalue weighted by molar-refractivity contribution is 0.507. The quantitative estimate of drug-likeness (QED) is 0.567. The zero-order valence-electron chi connectivity index (χ0n) is 9.10. The van der Waals surface area contributed by atoms with Crippen molar-refractivity contribution in [2.24, 2.45) is 0 Å². The van der Waals surface area contributed by atoms with E-state index >= 15 is 0 Å². The lowest BCUT2D eigenvalue weighted by Gasteiger charge is -2.17. The molecule has 0 heterocycles. The molecule has 0 fully saturated rings. The maximum Gasteiger partial charge on any atom is 0.0138 e. The summed E-state index contributed by atoms with van der Waals surface area (Å²) >= 11 is 0. The normalized spacial score (nSPS) is 12.5. The van der Waals surface area contributed by atoms with Gasteiger partial charge in [0.25, 0.3) is 0 Å². The molecule has 0 aliphatic heterocycles. The molecule has 1 nitrogen and oxygen atoms in total. The highest BCUT2D eigenvalue weighted by atomic mass is 14.9. The molecule has 0 aromatic heterocycles. The molecule has 0 spiro atoms. The van der Waals surface area contributed by atoms with Crippen LogP contribution in [-0.2, 0) is 0 Å². The van der Waals surface area contributed by atoms with Crippen molar-refractivity contribution in [3.8, 4) is 0 Å². The van der Waals surface area contributed by atoms with E-state index in [1.807, 2.05) is 6.08 Å². The van der Waals surface area contributed by atoms with Gasteiger partial charge in [-0.1, -0.05) is 32.1 Å². The molecular formula is C12H23N. The van der Waals surface area contributed by atoms with Crippen molar-refractivity contribution in [2.45, 2.75) is 45.6 Å². The number of hydrogen-bond donors (Lipinski definition) is 1. The van der Waals surface area contributed by atoms with Crippen LogP contribution in [0.5, 0.6) is 0 Å². The Morgan fingerprint density at radius 3 is 2.62 bits per heavy atom. The van der Waals surface area contributed by atoms with Gasteiger partial charge in [-0.05, 0) is 32.2 Å². The first-order chi connectivity index (χ1) is 6.24. The maximum atomic E-state index is 4.03. The van der Waals surface area contributed by atoms with Crippen LogP contribution in [0.1, 0.15) is 39.5 Å². The molecule has 0 aliphatic rings. The Hall–Kier alpha value is -0.560. The van der Waals surface area contributed by atoms with Crippen molar-refractivity contribution in [1.82, 2.24) is 5.32 Å². The molecule has 1 heteroatoms. The Morgan fingerprint density at radius 2 is 2.15 bits per heavy atom. The van der Waals surface area contributed by atoms with Gasteiger partial charge in [0.1, 0.15) is 0 Å². The van der Waals surface area contributed by atoms with Crippen LogP contribution in [0.15, 0.2) is 24.8 Å². The third kappa shape index (κ3) is 6.59. The Bertz CT molecular complexity index is 149. The fourth-order valence-corrected chi connectivity index (χ4v) is 1.28. The largest absolute Gasteiger partial charge is 0.313 e. The molecule has 1 unspecified atom stereocenters. The molecule has 1 atom stereocenters. The summed E-state index contributed by atoms with van der Waals surface area (Å²) in [6.45, 7) is 13.2.